The summed E-state index contributed by atoms with van der Waals surface area (Å²) in [7, 11) is 0. The fraction of sp³-hybridized carbons (Fsp3) is 0. The Labute approximate surface area is 136 Å². The van der Waals surface area contributed by atoms with Crippen molar-refractivity contribution in [2.75, 3.05) is 10.7 Å². The lowest BCUT2D eigenvalue weighted by Crippen LogP contribution is -2.11. The second-order valence-corrected chi connectivity index (χ2v) is 5.85. The van der Waals surface area contributed by atoms with E-state index in [-0.39, 0.29) is 5.95 Å². The molecule has 0 radical (unpaired) electrons. The Bertz CT molecular complexity index is 623. The molecule has 1 heterocycles. The molecule has 0 aliphatic rings. The van der Waals surface area contributed by atoms with Crippen LogP contribution >= 0.6 is 55.1 Å². The van der Waals surface area contributed by atoms with Crippen LogP contribution in [0.2, 0.25) is 10.0 Å². The van der Waals surface area contributed by atoms with Crippen LogP contribution in [-0.2, 0) is 0 Å². The predicted molar refractivity (Wildman–Crippen MR) is 85.0 cm³/mol. The van der Waals surface area contributed by atoms with Gasteiger partial charge in [-0.1, -0.05) is 23.2 Å². The van der Waals surface area contributed by atoms with Crippen molar-refractivity contribution < 1.29 is 0 Å². The maximum Gasteiger partial charge on any atom is 0.239 e. The first kappa shape index (κ1) is 14.8. The van der Waals surface area contributed by atoms with Gasteiger partial charge < -0.3 is 5.32 Å². The molecule has 0 fully saturated rings. The number of benzene rings is 1. The van der Waals surface area contributed by atoms with Crippen molar-refractivity contribution in [2.24, 2.45) is 5.84 Å². The third-order valence-electron chi connectivity index (χ3n) is 2.16. The molecule has 0 aliphatic heterocycles. The first-order valence-corrected chi connectivity index (χ1v) is 7.26. The molecular formula is C10H7Br2Cl2N5. The number of rotatable bonds is 3. The first-order chi connectivity index (χ1) is 9.02. The van der Waals surface area contributed by atoms with E-state index in [1.807, 2.05) is 0 Å². The number of aromatic nitrogens is 2. The minimum atomic E-state index is 0.282. The topological polar surface area (TPSA) is 75.9 Å². The highest BCUT2D eigenvalue weighted by atomic mass is 79.9. The maximum absolute atomic E-state index is 6.15. The molecule has 5 nitrogen and oxygen atoms in total. The summed E-state index contributed by atoms with van der Waals surface area (Å²) in [5.41, 5.74) is 2.99. The summed E-state index contributed by atoms with van der Waals surface area (Å²) in [4.78, 5) is 8.11. The Morgan fingerprint density at radius 1 is 1.11 bits per heavy atom. The molecular weight excluding hydrogens is 421 g/mol. The van der Waals surface area contributed by atoms with Gasteiger partial charge in [0.2, 0.25) is 5.95 Å². The summed E-state index contributed by atoms with van der Waals surface area (Å²) in [5, 5.41) is 3.87. The molecule has 9 heteroatoms. The minimum absolute atomic E-state index is 0.282. The summed E-state index contributed by atoms with van der Waals surface area (Å²) in [6.07, 6.45) is 1.57. The van der Waals surface area contributed by atoms with Gasteiger partial charge in [0.05, 0.1) is 20.2 Å². The quantitative estimate of drug-likeness (QED) is 0.386. The van der Waals surface area contributed by atoms with Gasteiger partial charge in [-0.15, -0.1) is 0 Å². The second kappa shape index (κ2) is 6.23. The van der Waals surface area contributed by atoms with Crippen LogP contribution in [0.15, 0.2) is 27.3 Å². The zero-order valence-electron chi connectivity index (χ0n) is 9.22. The van der Waals surface area contributed by atoms with E-state index in [4.69, 9.17) is 29.0 Å². The molecule has 0 saturated carbocycles. The molecule has 2 aromatic rings. The fourth-order valence-electron chi connectivity index (χ4n) is 1.27. The van der Waals surface area contributed by atoms with Crippen LogP contribution in [-0.4, -0.2) is 9.97 Å². The van der Waals surface area contributed by atoms with Crippen molar-refractivity contribution in [3.05, 3.63) is 37.3 Å². The highest BCUT2D eigenvalue weighted by Gasteiger charge is 2.11. The molecule has 0 bridgehead atoms. The van der Waals surface area contributed by atoms with E-state index in [0.717, 1.165) is 4.47 Å². The van der Waals surface area contributed by atoms with E-state index in [1.54, 1.807) is 18.3 Å². The molecule has 0 amide bonds. The number of nitrogens with zero attached hydrogens (tertiary/aromatic N) is 2. The van der Waals surface area contributed by atoms with Gasteiger partial charge in [-0.2, -0.15) is 4.98 Å². The lowest BCUT2D eigenvalue weighted by Gasteiger charge is -2.11. The van der Waals surface area contributed by atoms with Gasteiger partial charge in [0.1, 0.15) is 5.82 Å². The van der Waals surface area contributed by atoms with Gasteiger partial charge in [-0.3, -0.25) is 5.43 Å². The summed E-state index contributed by atoms with van der Waals surface area (Å²) in [6.45, 7) is 0. The zero-order valence-corrected chi connectivity index (χ0v) is 13.9. The molecule has 0 unspecified atom stereocenters. The van der Waals surface area contributed by atoms with E-state index < -0.39 is 0 Å². The van der Waals surface area contributed by atoms with Crippen LogP contribution in [0.25, 0.3) is 0 Å². The monoisotopic (exact) mass is 425 g/mol. The highest BCUT2D eigenvalue weighted by Crippen LogP contribution is 2.37. The van der Waals surface area contributed by atoms with Crippen molar-refractivity contribution >= 4 is 72.5 Å². The molecule has 1 aromatic heterocycles. The first-order valence-electron chi connectivity index (χ1n) is 4.92. The largest absolute Gasteiger partial charge is 0.338 e. The molecule has 0 atom stereocenters. The molecule has 19 heavy (non-hydrogen) atoms. The van der Waals surface area contributed by atoms with Crippen molar-refractivity contribution in [1.82, 2.24) is 9.97 Å². The lowest BCUT2D eigenvalue weighted by atomic mass is 10.3. The van der Waals surface area contributed by atoms with E-state index in [0.29, 0.717) is 26.0 Å². The number of halogens is 4. The summed E-state index contributed by atoms with van der Waals surface area (Å²) < 4.78 is 1.39. The minimum Gasteiger partial charge on any atom is -0.338 e. The van der Waals surface area contributed by atoms with Crippen LogP contribution in [0.4, 0.5) is 17.5 Å². The summed E-state index contributed by atoms with van der Waals surface area (Å²) >= 11 is 18.8. The number of nitrogens with two attached hydrogens (primary N) is 1. The molecule has 100 valence electrons. The average molecular weight is 428 g/mol. The SMILES string of the molecule is NNc1ncc(Br)c(Nc2ccc(Br)c(Cl)c2Cl)n1. The smallest absolute Gasteiger partial charge is 0.239 e. The second-order valence-electron chi connectivity index (χ2n) is 3.38. The van der Waals surface area contributed by atoms with Gasteiger partial charge in [-0.25, -0.2) is 10.8 Å². The Balaban J connectivity index is 2.39. The molecule has 0 saturated heterocycles. The normalized spacial score (nSPS) is 10.4. The Morgan fingerprint density at radius 2 is 1.84 bits per heavy atom. The average Bonchev–Trinajstić information content (AvgIpc) is 2.41. The molecule has 1 aromatic carbocycles. The predicted octanol–water partition coefficient (Wildman–Crippen LogP) is 4.34. The summed E-state index contributed by atoms with van der Waals surface area (Å²) in [5.74, 6) is 6.06. The van der Waals surface area contributed by atoms with E-state index in [2.05, 4.69) is 52.6 Å². The third kappa shape index (κ3) is 3.29. The van der Waals surface area contributed by atoms with Crippen LogP contribution in [0.3, 0.4) is 0 Å². The maximum atomic E-state index is 6.15. The zero-order chi connectivity index (χ0) is 14.0. The number of anilines is 3. The van der Waals surface area contributed by atoms with E-state index in [9.17, 15) is 0 Å². The number of hydrogen-bond acceptors (Lipinski definition) is 5. The van der Waals surface area contributed by atoms with Crippen LogP contribution < -0.4 is 16.6 Å². The lowest BCUT2D eigenvalue weighted by molar-refractivity contribution is 1.11. The van der Waals surface area contributed by atoms with Gasteiger partial charge in [0.25, 0.3) is 0 Å². The third-order valence-corrected chi connectivity index (χ3v) is 4.51. The van der Waals surface area contributed by atoms with Crippen LogP contribution in [0.1, 0.15) is 0 Å². The Morgan fingerprint density at radius 3 is 2.53 bits per heavy atom. The Hall–Kier alpha value is -0.600. The van der Waals surface area contributed by atoms with Gasteiger partial charge >= 0.3 is 0 Å². The van der Waals surface area contributed by atoms with E-state index in [1.165, 1.54) is 0 Å². The number of nitrogens with one attached hydrogen (secondary N) is 2. The Kier molecular flexibility index (Phi) is 4.86. The van der Waals surface area contributed by atoms with Crippen molar-refractivity contribution in [1.29, 1.82) is 0 Å². The highest BCUT2D eigenvalue weighted by molar-refractivity contribution is 9.11. The van der Waals surface area contributed by atoms with Gasteiger partial charge in [0, 0.05) is 10.7 Å². The molecule has 0 spiro atoms. The van der Waals surface area contributed by atoms with Crippen molar-refractivity contribution in [3.63, 3.8) is 0 Å². The standard InChI is InChI=1S/C10H7Br2Cl2N5/c11-4-1-2-6(8(14)7(4)13)17-9-5(12)3-16-10(18-9)19-15/h1-3H,15H2,(H2,16,17,18,19). The fourth-order valence-corrected chi connectivity index (χ4v) is 2.39. The number of nitrogen functional groups attached to an aromatic ring is 1. The van der Waals surface area contributed by atoms with Crippen LogP contribution in [0, 0.1) is 0 Å². The molecule has 2 rings (SSSR count). The van der Waals surface area contributed by atoms with Crippen molar-refractivity contribution in [3.8, 4) is 0 Å². The summed E-state index contributed by atoms with van der Waals surface area (Å²) in [6, 6.07) is 3.57. The van der Waals surface area contributed by atoms with Crippen LogP contribution in [0.5, 0.6) is 0 Å². The van der Waals surface area contributed by atoms with Gasteiger partial charge in [-0.05, 0) is 44.0 Å². The van der Waals surface area contributed by atoms with Gasteiger partial charge in [0.15, 0.2) is 0 Å². The van der Waals surface area contributed by atoms with Crippen molar-refractivity contribution in [2.45, 2.75) is 0 Å². The molecule has 4 N–H and O–H groups in total. The molecule has 0 aliphatic carbocycles. The van der Waals surface area contributed by atoms with E-state index >= 15 is 0 Å². The number of hydrogen-bond donors (Lipinski definition) is 3. The number of hydrazine groups is 1.